The van der Waals surface area contributed by atoms with Crippen LogP contribution in [0.25, 0.3) is 0 Å². The van der Waals surface area contributed by atoms with Crippen molar-refractivity contribution in [2.45, 2.75) is 69.4 Å². The van der Waals surface area contributed by atoms with Crippen LogP contribution in [0.15, 0.2) is 30.3 Å². The number of hydrogen-bond donors (Lipinski definition) is 2. The lowest BCUT2D eigenvalue weighted by Crippen LogP contribution is -2.56. The summed E-state index contributed by atoms with van der Waals surface area (Å²) < 4.78 is 0. The molecular weight excluding hydrogens is 256 g/mol. The summed E-state index contributed by atoms with van der Waals surface area (Å²) in [4.78, 5) is 0. The number of rotatable bonds is 4. The molecule has 3 rings (SSSR count). The van der Waals surface area contributed by atoms with Crippen molar-refractivity contribution in [3.63, 3.8) is 0 Å². The SMILES string of the molecule is CC1CCC(NC2(CN)CCC(c3ccccc3)CC2)C1. The van der Waals surface area contributed by atoms with Gasteiger partial charge in [-0.3, -0.25) is 0 Å². The third kappa shape index (κ3) is 3.49. The molecule has 1 aromatic rings. The van der Waals surface area contributed by atoms with Crippen LogP contribution in [0.4, 0.5) is 0 Å². The second-order valence-corrected chi connectivity index (χ2v) is 7.43. The van der Waals surface area contributed by atoms with Crippen molar-refractivity contribution < 1.29 is 0 Å². The maximum Gasteiger partial charge on any atom is 0.0306 e. The smallest absolute Gasteiger partial charge is 0.0306 e. The molecule has 116 valence electrons. The van der Waals surface area contributed by atoms with Crippen molar-refractivity contribution in [2.75, 3.05) is 6.54 Å². The minimum Gasteiger partial charge on any atom is -0.329 e. The fourth-order valence-electron chi connectivity index (χ4n) is 4.41. The molecule has 2 saturated carbocycles. The number of nitrogens with two attached hydrogens (primary N) is 1. The van der Waals surface area contributed by atoms with Crippen molar-refractivity contribution in [2.24, 2.45) is 11.7 Å². The molecule has 2 unspecified atom stereocenters. The second kappa shape index (κ2) is 6.50. The molecule has 2 nitrogen and oxygen atoms in total. The van der Waals surface area contributed by atoms with Gasteiger partial charge < -0.3 is 11.1 Å². The molecule has 1 aromatic carbocycles. The summed E-state index contributed by atoms with van der Waals surface area (Å²) >= 11 is 0. The van der Waals surface area contributed by atoms with Gasteiger partial charge in [0.15, 0.2) is 0 Å². The Morgan fingerprint density at radius 3 is 2.38 bits per heavy atom. The largest absolute Gasteiger partial charge is 0.329 e. The van der Waals surface area contributed by atoms with Gasteiger partial charge in [-0.2, -0.15) is 0 Å². The van der Waals surface area contributed by atoms with E-state index in [1.165, 1.54) is 50.5 Å². The maximum absolute atomic E-state index is 6.17. The maximum atomic E-state index is 6.17. The van der Waals surface area contributed by atoms with Gasteiger partial charge in [0.2, 0.25) is 0 Å². The van der Waals surface area contributed by atoms with Gasteiger partial charge in [-0.05, 0) is 62.3 Å². The van der Waals surface area contributed by atoms with E-state index < -0.39 is 0 Å². The van der Waals surface area contributed by atoms with Crippen LogP contribution in [-0.4, -0.2) is 18.1 Å². The van der Waals surface area contributed by atoms with Crippen molar-refractivity contribution >= 4 is 0 Å². The molecular formula is C19H30N2. The van der Waals surface area contributed by atoms with E-state index in [0.29, 0.717) is 6.04 Å². The van der Waals surface area contributed by atoms with Crippen LogP contribution in [0.5, 0.6) is 0 Å². The lowest BCUT2D eigenvalue weighted by molar-refractivity contribution is 0.199. The Morgan fingerprint density at radius 1 is 1.10 bits per heavy atom. The molecule has 2 fully saturated rings. The highest BCUT2D eigenvalue weighted by atomic mass is 15.0. The summed E-state index contributed by atoms with van der Waals surface area (Å²) in [5.74, 6) is 1.62. The molecule has 0 amide bonds. The van der Waals surface area contributed by atoms with Gasteiger partial charge in [0.1, 0.15) is 0 Å². The van der Waals surface area contributed by atoms with Gasteiger partial charge in [-0.25, -0.2) is 0 Å². The molecule has 0 radical (unpaired) electrons. The summed E-state index contributed by atoms with van der Waals surface area (Å²) in [7, 11) is 0. The molecule has 0 spiro atoms. The lowest BCUT2D eigenvalue weighted by Gasteiger charge is -2.42. The molecule has 2 heteroatoms. The molecule has 0 aliphatic heterocycles. The molecule has 21 heavy (non-hydrogen) atoms. The lowest BCUT2D eigenvalue weighted by atomic mass is 9.73. The van der Waals surface area contributed by atoms with Crippen molar-refractivity contribution in [3.8, 4) is 0 Å². The minimum atomic E-state index is 0.208. The van der Waals surface area contributed by atoms with E-state index in [1.807, 2.05) is 0 Å². The van der Waals surface area contributed by atoms with Crippen molar-refractivity contribution in [1.29, 1.82) is 0 Å². The van der Waals surface area contributed by atoms with Gasteiger partial charge in [0.25, 0.3) is 0 Å². The zero-order valence-corrected chi connectivity index (χ0v) is 13.4. The standard InChI is InChI=1S/C19H30N2/c1-15-7-8-18(13-15)21-19(14-20)11-9-17(10-12-19)16-5-3-2-4-6-16/h2-6,15,17-18,21H,7-14,20H2,1H3. The highest BCUT2D eigenvalue weighted by Gasteiger charge is 2.37. The van der Waals surface area contributed by atoms with Crippen LogP contribution < -0.4 is 11.1 Å². The molecule has 0 saturated heterocycles. The predicted octanol–water partition coefficient (Wildman–Crippen LogP) is 3.82. The predicted molar refractivity (Wildman–Crippen MR) is 89.4 cm³/mol. The fraction of sp³-hybridized carbons (Fsp3) is 0.684. The van der Waals surface area contributed by atoms with Crippen LogP contribution in [0, 0.1) is 5.92 Å². The Kier molecular flexibility index (Phi) is 4.66. The van der Waals surface area contributed by atoms with E-state index >= 15 is 0 Å². The van der Waals surface area contributed by atoms with Crippen molar-refractivity contribution in [3.05, 3.63) is 35.9 Å². The Hall–Kier alpha value is -0.860. The zero-order chi connectivity index (χ0) is 14.7. The topological polar surface area (TPSA) is 38.0 Å². The number of hydrogen-bond acceptors (Lipinski definition) is 2. The summed E-state index contributed by atoms with van der Waals surface area (Å²) in [6.07, 6.45) is 9.06. The fourth-order valence-corrected chi connectivity index (χ4v) is 4.41. The first-order valence-electron chi connectivity index (χ1n) is 8.73. The number of nitrogens with one attached hydrogen (secondary N) is 1. The van der Waals surface area contributed by atoms with Crippen LogP contribution >= 0.6 is 0 Å². The molecule has 0 aromatic heterocycles. The second-order valence-electron chi connectivity index (χ2n) is 7.43. The monoisotopic (exact) mass is 286 g/mol. The molecule has 0 heterocycles. The average Bonchev–Trinajstić information content (AvgIpc) is 2.94. The Morgan fingerprint density at radius 2 is 1.81 bits per heavy atom. The summed E-state index contributed by atoms with van der Waals surface area (Å²) in [6.45, 7) is 3.17. The Bertz CT molecular complexity index is 434. The van der Waals surface area contributed by atoms with Gasteiger partial charge in [-0.1, -0.05) is 37.3 Å². The van der Waals surface area contributed by atoms with Gasteiger partial charge in [-0.15, -0.1) is 0 Å². The first-order valence-corrected chi connectivity index (χ1v) is 8.73. The van der Waals surface area contributed by atoms with Crippen LogP contribution in [0.3, 0.4) is 0 Å². The van der Waals surface area contributed by atoms with E-state index in [9.17, 15) is 0 Å². The molecule has 3 N–H and O–H groups in total. The van der Waals surface area contributed by atoms with E-state index in [-0.39, 0.29) is 5.54 Å². The highest BCUT2D eigenvalue weighted by Crippen LogP contribution is 2.39. The van der Waals surface area contributed by atoms with E-state index in [4.69, 9.17) is 5.73 Å². The average molecular weight is 286 g/mol. The zero-order valence-electron chi connectivity index (χ0n) is 13.4. The number of benzene rings is 1. The van der Waals surface area contributed by atoms with Crippen LogP contribution in [-0.2, 0) is 0 Å². The van der Waals surface area contributed by atoms with Crippen LogP contribution in [0.2, 0.25) is 0 Å². The molecule has 2 aliphatic rings. The van der Waals surface area contributed by atoms with E-state index in [1.54, 1.807) is 0 Å². The normalized spacial score (nSPS) is 36.8. The first-order chi connectivity index (χ1) is 10.2. The van der Waals surface area contributed by atoms with Gasteiger partial charge >= 0.3 is 0 Å². The summed E-state index contributed by atoms with van der Waals surface area (Å²) in [6, 6.07) is 11.7. The molecule has 2 aliphatic carbocycles. The van der Waals surface area contributed by atoms with Gasteiger partial charge in [0, 0.05) is 18.1 Å². The summed E-state index contributed by atoms with van der Waals surface area (Å²) in [5.41, 5.74) is 7.89. The van der Waals surface area contributed by atoms with Crippen molar-refractivity contribution in [1.82, 2.24) is 5.32 Å². The highest BCUT2D eigenvalue weighted by molar-refractivity contribution is 5.20. The Labute approximate surface area is 129 Å². The van der Waals surface area contributed by atoms with Gasteiger partial charge in [0.05, 0.1) is 0 Å². The van der Waals surface area contributed by atoms with Crippen LogP contribution in [0.1, 0.15) is 63.4 Å². The molecule has 0 bridgehead atoms. The minimum absolute atomic E-state index is 0.208. The van der Waals surface area contributed by atoms with E-state index in [2.05, 4.69) is 42.6 Å². The van der Waals surface area contributed by atoms with E-state index in [0.717, 1.165) is 18.4 Å². The third-order valence-corrected chi connectivity index (χ3v) is 5.81. The molecule has 2 atom stereocenters. The first kappa shape index (κ1) is 15.1. The summed E-state index contributed by atoms with van der Waals surface area (Å²) in [5, 5.41) is 3.96. The quantitative estimate of drug-likeness (QED) is 0.883. The third-order valence-electron chi connectivity index (χ3n) is 5.81. The Balaban J connectivity index is 1.59.